The summed E-state index contributed by atoms with van der Waals surface area (Å²) >= 11 is 0. The average Bonchev–Trinajstić information content (AvgIpc) is 2.60. The summed E-state index contributed by atoms with van der Waals surface area (Å²) in [7, 11) is 0. The lowest BCUT2D eigenvalue weighted by Gasteiger charge is -2.05. The molecule has 0 atom stereocenters. The van der Waals surface area contributed by atoms with Gasteiger partial charge >= 0.3 is 0 Å². The van der Waals surface area contributed by atoms with Crippen LogP contribution in [0.3, 0.4) is 0 Å². The molecule has 3 rings (SSSR count). The van der Waals surface area contributed by atoms with E-state index in [1.54, 1.807) is 12.3 Å². The Balaban J connectivity index is 1.67. The summed E-state index contributed by atoms with van der Waals surface area (Å²) in [6.45, 7) is 0. The van der Waals surface area contributed by atoms with Crippen molar-refractivity contribution < 1.29 is 4.79 Å². The lowest BCUT2D eigenvalue weighted by atomic mass is 10.2. The smallest absolute Gasteiger partial charge is 0.248 e. The summed E-state index contributed by atoms with van der Waals surface area (Å²) in [6, 6.07) is 19.5. The van der Waals surface area contributed by atoms with Gasteiger partial charge in [-0.1, -0.05) is 66.8 Å². The number of rotatable bonds is 4. The maximum atomic E-state index is 12.0. The van der Waals surface area contributed by atoms with Gasteiger partial charge in [0.15, 0.2) is 0 Å². The molecule has 0 aliphatic carbocycles. The van der Waals surface area contributed by atoms with Crippen molar-refractivity contribution in [2.75, 3.05) is 5.32 Å². The van der Waals surface area contributed by atoms with Gasteiger partial charge in [0.2, 0.25) is 5.91 Å². The number of amides is 1. The standard InChI is InChI=1S/C20H16N2O/c23-19(14-5-4-10-16-8-2-1-3-9-16)22-18-13-6-11-17-12-7-15-21-20(17)18/h1-15H,(H,22,23)/b10-4+,14-5+. The molecule has 0 aliphatic heterocycles. The van der Waals surface area contributed by atoms with Crippen molar-refractivity contribution in [1.29, 1.82) is 0 Å². The van der Waals surface area contributed by atoms with Crippen molar-refractivity contribution >= 4 is 28.6 Å². The van der Waals surface area contributed by atoms with E-state index in [9.17, 15) is 4.79 Å². The molecule has 0 saturated heterocycles. The molecule has 0 radical (unpaired) electrons. The Kier molecular flexibility index (Phi) is 4.60. The average molecular weight is 300 g/mol. The van der Waals surface area contributed by atoms with E-state index in [1.165, 1.54) is 6.08 Å². The van der Waals surface area contributed by atoms with E-state index in [2.05, 4.69) is 10.3 Å². The number of hydrogen-bond acceptors (Lipinski definition) is 2. The van der Waals surface area contributed by atoms with E-state index in [-0.39, 0.29) is 5.91 Å². The van der Waals surface area contributed by atoms with E-state index in [1.807, 2.05) is 72.8 Å². The predicted octanol–water partition coefficient (Wildman–Crippen LogP) is 4.44. The number of para-hydroxylation sites is 1. The summed E-state index contributed by atoms with van der Waals surface area (Å²) in [5.41, 5.74) is 2.59. The number of pyridine rings is 1. The molecule has 1 N–H and O–H groups in total. The first-order valence-electron chi connectivity index (χ1n) is 7.37. The fourth-order valence-electron chi connectivity index (χ4n) is 2.25. The molecule has 2 aromatic carbocycles. The molecule has 1 heterocycles. The Labute approximate surface area is 135 Å². The highest BCUT2D eigenvalue weighted by molar-refractivity contribution is 6.04. The minimum atomic E-state index is -0.180. The summed E-state index contributed by atoms with van der Waals surface area (Å²) in [5, 5.41) is 3.86. The Morgan fingerprint density at radius 3 is 2.61 bits per heavy atom. The highest BCUT2D eigenvalue weighted by atomic mass is 16.1. The molecule has 0 aliphatic rings. The first-order chi connectivity index (χ1) is 11.3. The monoisotopic (exact) mass is 300 g/mol. The number of benzene rings is 2. The molecular formula is C20H16N2O. The van der Waals surface area contributed by atoms with E-state index in [4.69, 9.17) is 0 Å². The van der Waals surface area contributed by atoms with E-state index >= 15 is 0 Å². The summed E-state index contributed by atoms with van der Waals surface area (Å²) < 4.78 is 0. The van der Waals surface area contributed by atoms with Gasteiger partial charge in [-0.25, -0.2) is 0 Å². The van der Waals surface area contributed by atoms with Crippen molar-refractivity contribution in [3.63, 3.8) is 0 Å². The van der Waals surface area contributed by atoms with Crippen LogP contribution in [0.15, 0.2) is 85.1 Å². The number of nitrogens with one attached hydrogen (secondary N) is 1. The van der Waals surface area contributed by atoms with Crippen LogP contribution in [0, 0.1) is 0 Å². The third-order valence-electron chi connectivity index (χ3n) is 3.34. The predicted molar refractivity (Wildman–Crippen MR) is 95.0 cm³/mol. The van der Waals surface area contributed by atoms with Gasteiger partial charge in [-0.2, -0.15) is 0 Å². The van der Waals surface area contributed by atoms with E-state index in [0.717, 1.165) is 16.5 Å². The molecule has 0 unspecified atom stereocenters. The second kappa shape index (κ2) is 7.18. The number of hydrogen-bond donors (Lipinski definition) is 1. The van der Waals surface area contributed by atoms with Gasteiger partial charge in [-0.3, -0.25) is 9.78 Å². The second-order valence-corrected chi connectivity index (χ2v) is 5.00. The molecule has 3 nitrogen and oxygen atoms in total. The summed E-state index contributed by atoms with van der Waals surface area (Å²) in [6.07, 6.45) is 8.73. The minimum Gasteiger partial charge on any atom is -0.321 e. The zero-order valence-corrected chi connectivity index (χ0v) is 12.5. The molecule has 0 saturated carbocycles. The van der Waals surface area contributed by atoms with Crippen LogP contribution in [0.2, 0.25) is 0 Å². The van der Waals surface area contributed by atoms with Crippen LogP contribution in [-0.4, -0.2) is 10.9 Å². The number of anilines is 1. The number of carbonyl (C=O) groups excluding carboxylic acids is 1. The van der Waals surface area contributed by atoms with Gasteiger partial charge in [-0.05, 0) is 17.7 Å². The topological polar surface area (TPSA) is 42.0 Å². The normalized spacial score (nSPS) is 11.3. The summed E-state index contributed by atoms with van der Waals surface area (Å²) in [4.78, 5) is 16.3. The number of allylic oxidation sites excluding steroid dienone is 2. The van der Waals surface area contributed by atoms with Crippen LogP contribution in [0.1, 0.15) is 5.56 Å². The Bertz CT molecular complexity index is 862. The van der Waals surface area contributed by atoms with Crippen molar-refractivity contribution in [3.05, 3.63) is 90.7 Å². The van der Waals surface area contributed by atoms with Crippen LogP contribution in [-0.2, 0) is 4.79 Å². The molecule has 1 aromatic heterocycles. The number of aromatic nitrogens is 1. The summed E-state index contributed by atoms with van der Waals surface area (Å²) in [5.74, 6) is -0.180. The van der Waals surface area contributed by atoms with Crippen LogP contribution >= 0.6 is 0 Å². The van der Waals surface area contributed by atoms with E-state index in [0.29, 0.717) is 5.69 Å². The Morgan fingerprint density at radius 1 is 0.913 bits per heavy atom. The number of fused-ring (bicyclic) bond motifs is 1. The largest absolute Gasteiger partial charge is 0.321 e. The third-order valence-corrected chi connectivity index (χ3v) is 3.34. The zero-order chi connectivity index (χ0) is 15.9. The van der Waals surface area contributed by atoms with Crippen molar-refractivity contribution in [2.24, 2.45) is 0 Å². The van der Waals surface area contributed by atoms with Crippen molar-refractivity contribution in [2.45, 2.75) is 0 Å². The number of nitrogens with zero attached hydrogens (tertiary/aromatic N) is 1. The van der Waals surface area contributed by atoms with Gasteiger partial charge in [0.1, 0.15) is 0 Å². The number of carbonyl (C=O) groups is 1. The lowest BCUT2D eigenvalue weighted by molar-refractivity contribution is -0.111. The molecule has 0 spiro atoms. The Hall–Kier alpha value is -3.20. The van der Waals surface area contributed by atoms with Gasteiger partial charge in [0.25, 0.3) is 0 Å². The molecule has 23 heavy (non-hydrogen) atoms. The fourth-order valence-corrected chi connectivity index (χ4v) is 2.25. The van der Waals surface area contributed by atoms with Crippen molar-refractivity contribution in [1.82, 2.24) is 4.98 Å². The van der Waals surface area contributed by atoms with Crippen LogP contribution < -0.4 is 5.32 Å². The molecule has 3 heteroatoms. The molecular weight excluding hydrogens is 284 g/mol. The molecule has 1 amide bonds. The lowest BCUT2D eigenvalue weighted by Crippen LogP contribution is -2.08. The highest BCUT2D eigenvalue weighted by Crippen LogP contribution is 2.20. The SMILES string of the molecule is O=C(/C=C/C=C/c1ccccc1)Nc1cccc2cccnc12. The van der Waals surface area contributed by atoms with Gasteiger partial charge in [0, 0.05) is 17.7 Å². The maximum Gasteiger partial charge on any atom is 0.248 e. The maximum absolute atomic E-state index is 12.0. The third kappa shape index (κ3) is 3.92. The van der Waals surface area contributed by atoms with Crippen LogP contribution in [0.4, 0.5) is 5.69 Å². The van der Waals surface area contributed by atoms with E-state index < -0.39 is 0 Å². The minimum absolute atomic E-state index is 0.180. The van der Waals surface area contributed by atoms with Gasteiger partial charge in [-0.15, -0.1) is 0 Å². The highest BCUT2D eigenvalue weighted by Gasteiger charge is 2.03. The quantitative estimate of drug-likeness (QED) is 0.571. The second-order valence-electron chi connectivity index (χ2n) is 5.00. The first-order valence-corrected chi connectivity index (χ1v) is 7.37. The van der Waals surface area contributed by atoms with Crippen LogP contribution in [0.5, 0.6) is 0 Å². The fraction of sp³-hybridized carbons (Fsp3) is 0. The van der Waals surface area contributed by atoms with Gasteiger partial charge < -0.3 is 5.32 Å². The zero-order valence-electron chi connectivity index (χ0n) is 12.5. The molecule has 3 aromatic rings. The van der Waals surface area contributed by atoms with Gasteiger partial charge in [0.05, 0.1) is 11.2 Å². The molecule has 0 bridgehead atoms. The first kappa shape index (κ1) is 14.7. The van der Waals surface area contributed by atoms with Crippen molar-refractivity contribution in [3.8, 4) is 0 Å². The molecule has 0 fully saturated rings. The molecule has 112 valence electrons. The van der Waals surface area contributed by atoms with Crippen LogP contribution in [0.25, 0.3) is 17.0 Å². The Morgan fingerprint density at radius 2 is 1.74 bits per heavy atom.